The number of anilines is 1. The normalized spacial score (nSPS) is 14.8. The maximum absolute atomic E-state index is 12.6. The van der Waals surface area contributed by atoms with Crippen LogP contribution in [0.4, 0.5) is 9.80 Å². The zero-order valence-corrected chi connectivity index (χ0v) is 22.2. The number of aromatic nitrogens is 1. The number of nitrogens with one attached hydrogen (secondary N) is 2. The maximum Gasteiger partial charge on any atom is 0.407 e. The lowest BCUT2D eigenvalue weighted by molar-refractivity contribution is -0.116. The molecular formula is C26H30N4O4S2. The van der Waals surface area contributed by atoms with Crippen LogP contribution in [0, 0.1) is 18.3 Å². The Kier molecular flexibility index (Phi) is 9.85. The highest BCUT2D eigenvalue weighted by Crippen LogP contribution is 2.38. The largest absolute Gasteiger partial charge is 0.494 e. The SMILES string of the molecule is C=C/C=C(/OCC)C(=C)CCC(=O)Nc1sc2c(c1C#N)CCC(OC(=O)NCc1nc(C)cs1)C2. The number of carbonyl (C=O) groups excluding carboxylic acids is 2. The average molecular weight is 527 g/mol. The molecule has 0 saturated carbocycles. The molecule has 0 aromatic carbocycles. The van der Waals surface area contributed by atoms with E-state index in [4.69, 9.17) is 9.47 Å². The third-order valence-corrected chi connectivity index (χ3v) is 7.62. The molecule has 1 unspecified atom stereocenters. The van der Waals surface area contributed by atoms with Crippen molar-refractivity contribution in [2.45, 2.75) is 58.6 Å². The molecule has 0 spiro atoms. The molecule has 0 saturated heterocycles. The topological polar surface area (TPSA) is 113 Å². The van der Waals surface area contributed by atoms with Crippen LogP contribution in [-0.2, 0) is 33.7 Å². The molecule has 2 N–H and O–H groups in total. The predicted molar refractivity (Wildman–Crippen MR) is 142 cm³/mol. The van der Waals surface area contributed by atoms with Crippen molar-refractivity contribution in [2.24, 2.45) is 0 Å². The predicted octanol–water partition coefficient (Wildman–Crippen LogP) is 5.55. The van der Waals surface area contributed by atoms with Gasteiger partial charge in [-0.25, -0.2) is 9.78 Å². The summed E-state index contributed by atoms with van der Waals surface area (Å²) in [6, 6.07) is 2.23. The minimum atomic E-state index is -0.487. The fourth-order valence-electron chi connectivity index (χ4n) is 3.79. The first-order valence-electron chi connectivity index (χ1n) is 11.7. The van der Waals surface area contributed by atoms with Gasteiger partial charge in [0, 0.05) is 28.8 Å². The van der Waals surface area contributed by atoms with Gasteiger partial charge in [0.15, 0.2) is 0 Å². The van der Waals surface area contributed by atoms with Crippen molar-refractivity contribution in [1.29, 1.82) is 5.26 Å². The van der Waals surface area contributed by atoms with Crippen molar-refractivity contribution < 1.29 is 19.1 Å². The summed E-state index contributed by atoms with van der Waals surface area (Å²) in [6.07, 6.45) is 4.93. The minimum absolute atomic E-state index is 0.203. The minimum Gasteiger partial charge on any atom is -0.494 e. The second kappa shape index (κ2) is 13.0. The van der Waals surface area contributed by atoms with Crippen LogP contribution in [0.15, 0.2) is 42.0 Å². The Morgan fingerprint density at radius 2 is 2.19 bits per heavy atom. The van der Waals surface area contributed by atoms with Gasteiger partial charge in [-0.1, -0.05) is 19.2 Å². The summed E-state index contributed by atoms with van der Waals surface area (Å²) in [6.45, 7) is 12.3. The van der Waals surface area contributed by atoms with Gasteiger partial charge in [-0.3, -0.25) is 4.79 Å². The Morgan fingerprint density at radius 3 is 2.86 bits per heavy atom. The van der Waals surface area contributed by atoms with Crippen molar-refractivity contribution in [1.82, 2.24) is 10.3 Å². The van der Waals surface area contributed by atoms with E-state index in [1.54, 1.807) is 12.2 Å². The lowest BCUT2D eigenvalue weighted by Gasteiger charge is -2.22. The number of rotatable bonds is 11. The molecular weight excluding hydrogens is 496 g/mol. The average Bonchev–Trinajstić information content (AvgIpc) is 3.42. The fraction of sp³-hybridized carbons (Fsp3) is 0.385. The van der Waals surface area contributed by atoms with Crippen LogP contribution < -0.4 is 10.6 Å². The monoisotopic (exact) mass is 526 g/mol. The number of hydrogen-bond acceptors (Lipinski definition) is 8. The summed E-state index contributed by atoms with van der Waals surface area (Å²) in [5, 5.41) is 18.6. The molecule has 36 heavy (non-hydrogen) atoms. The summed E-state index contributed by atoms with van der Waals surface area (Å²) in [5.41, 5.74) is 3.05. The van der Waals surface area contributed by atoms with E-state index in [-0.39, 0.29) is 18.4 Å². The number of hydrogen-bond donors (Lipinski definition) is 2. The summed E-state index contributed by atoms with van der Waals surface area (Å²) >= 11 is 2.86. The van der Waals surface area contributed by atoms with Crippen LogP contribution in [0.25, 0.3) is 0 Å². The van der Waals surface area contributed by atoms with Gasteiger partial charge in [0.05, 0.1) is 18.7 Å². The Bertz CT molecular complexity index is 1210. The van der Waals surface area contributed by atoms with E-state index in [0.717, 1.165) is 21.1 Å². The Balaban J connectivity index is 1.55. The molecule has 8 nitrogen and oxygen atoms in total. The van der Waals surface area contributed by atoms with Crippen LogP contribution in [0.2, 0.25) is 0 Å². The van der Waals surface area contributed by atoms with E-state index in [0.29, 0.717) is 60.7 Å². The number of nitrogens with zero attached hydrogens (tertiary/aromatic N) is 2. The van der Waals surface area contributed by atoms with Gasteiger partial charge < -0.3 is 20.1 Å². The van der Waals surface area contributed by atoms with Gasteiger partial charge in [0.1, 0.15) is 27.9 Å². The van der Waals surface area contributed by atoms with Gasteiger partial charge in [-0.2, -0.15) is 5.26 Å². The number of aryl methyl sites for hydroxylation is 1. The van der Waals surface area contributed by atoms with Crippen LogP contribution in [0.5, 0.6) is 0 Å². The molecule has 1 aliphatic carbocycles. The lowest BCUT2D eigenvalue weighted by Crippen LogP contribution is -2.31. The number of alkyl carbamates (subject to hydrolysis) is 1. The van der Waals surface area contributed by atoms with Gasteiger partial charge >= 0.3 is 6.09 Å². The van der Waals surface area contributed by atoms with Crippen LogP contribution in [-0.4, -0.2) is 29.7 Å². The number of thiophene rings is 1. The van der Waals surface area contributed by atoms with Crippen molar-refractivity contribution >= 4 is 39.7 Å². The third-order valence-electron chi connectivity index (χ3n) is 5.48. The lowest BCUT2D eigenvalue weighted by atomic mass is 9.94. The summed E-state index contributed by atoms with van der Waals surface area (Å²) in [4.78, 5) is 30.1. The molecule has 1 aliphatic rings. The zero-order chi connectivity index (χ0) is 26.1. The van der Waals surface area contributed by atoms with E-state index in [1.807, 2.05) is 19.2 Å². The van der Waals surface area contributed by atoms with E-state index in [9.17, 15) is 14.9 Å². The molecule has 0 aliphatic heterocycles. The number of amides is 2. The van der Waals surface area contributed by atoms with E-state index in [1.165, 1.54) is 22.7 Å². The quantitative estimate of drug-likeness (QED) is 0.293. The summed E-state index contributed by atoms with van der Waals surface area (Å²) in [5.74, 6) is 0.409. The molecule has 0 bridgehead atoms. The first kappa shape index (κ1) is 27.2. The van der Waals surface area contributed by atoms with Crippen LogP contribution in [0.3, 0.4) is 0 Å². The summed E-state index contributed by atoms with van der Waals surface area (Å²) < 4.78 is 11.1. The smallest absolute Gasteiger partial charge is 0.407 e. The van der Waals surface area contributed by atoms with Gasteiger partial charge in [-0.05, 0) is 50.3 Å². The Morgan fingerprint density at radius 1 is 1.39 bits per heavy atom. The third kappa shape index (κ3) is 7.29. The highest BCUT2D eigenvalue weighted by Gasteiger charge is 2.28. The van der Waals surface area contributed by atoms with Crippen LogP contribution in [0.1, 0.15) is 52.9 Å². The molecule has 0 radical (unpaired) electrons. The molecule has 2 amide bonds. The second-order valence-electron chi connectivity index (χ2n) is 8.18. The fourth-order valence-corrected chi connectivity index (χ4v) is 5.78. The standard InChI is InChI=1S/C26H30N4O4S2/c1-5-7-21(33-6-2)16(3)8-11-23(31)30-25-20(13-27)19-10-9-18(12-22(19)36-25)34-26(32)28-14-24-29-17(4)15-35-24/h5,7,15,18H,1,3,6,8-12,14H2,2,4H3,(H,28,32)(H,30,31)/b21-7+. The molecule has 2 aromatic rings. The van der Waals surface area contributed by atoms with Crippen molar-refractivity contribution in [3.05, 3.63) is 68.7 Å². The Labute approximate surface area is 219 Å². The highest BCUT2D eigenvalue weighted by molar-refractivity contribution is 7.16. The number of carbonyl (C=O) groups is 2. The zero-order valence-electron chi connectivity index (χ0n) is 20.5. The van der Waals surface area contributed by atoms with E-state index < -0.39 is 6.09 Å². The van der Waals surface area contributed by atoms with Crippen molar-refractivity contribution in [2.75, 3.05) is 11.9 Å². The molecule has 3 rings (SSSR count). The molecule has 10 heteroatoms. The Hall–Kier alpha value is -3.42. The first-order chi connectivity index (χ1) is 17.3. The number of ether oxygens (including phenoxy) is 2. The number of nitriles is 1. The highest BCUT2D eigenvalue weighted by atomic mass is 32.1. The number of allylic oxidation sites excluding steroid dienone is 3. The summed E-state index contributed by atoms with van der Waals surface area (Å²) in [7, 11) is 0. The van der Waals surface area contributed by atoms with Gasteiger partial charge in [0.25, 0.3) is 0 Å². The van der Waals surface area contributed by atoms with E-state index >= 15 is 0 Å². The van der Waals surface area contributed by atoms with E-state index in [2.05, 4.69) is 34.8 Å². The number of fused-ring (bicyclic) bond motifs is 1. The molecule has 2 heterocycles. The van der Waals surface area contributed by atoms with Gasteiger partial charge in [0.2, 0.25) is 5.91 Å². The maximum atomic E-state index is 12.6. The van der Waals surface area contributed by atoms with Crippen LogP contribution >= 0.6 is 22.7 Å². The van der Waals surface area contributed by atoms with Gasteiger partial charge in [-0.15, -0.1) is 22.7 Å². The molecule has 1 atom stereocenters. The molecule has 2 aromatic heterocycles. The van der Waals surface area contributed by atoms with Crippen molar-refractivity contribution in [3.8, 4) is 6.07 Å². The molecule has 190 valence electrons. The first-order valence-corrected chi connectivity index (χ1v) is 13.4. The second-order valence-corrected chi connectivity index (χ2v) is 10.2. The number of thiazole rings is 1. The van der Waals surface area contributed by atoms with Crippen molar-refractivity contribution in [3.63, 3.8) is 0 Å². The molecule has 0 fully saturated rings.